The first kappa shape index (κ1) is 25.3. The van der Waals surface area contributed by atoms with Gasteiger partial charge in [-0.15, -0.1) is 11.3 Å². The van der Waals surface area contributed by atoms with E-state index in [9.17, 15) is 27.6 Å². The molecule has 2 aliphatic heterocycles. The number of carbonyl (C=O) groups excluding carboxylic acids is 2. The van der Waals surface area contributed by atoms with E-state index in [1.807, 2.05) is 4.90 Å². The molecule has 0 atom stereocenters. The minimum Gasteiger partial charge on any atom is -0.335 e. The molecule has 0 unspecified atom stereocenters. The number of rotatable bonds is 4. The molecule has 0 spiro atoms. The Hall–Kier alpha value is -3.97. The summed E-state index contributed by atoms with van der Waals surface area (Å²) in [6.45, 7) is 3.83. The molecule has 4 heterocycles. The number of fused-ring (bicyclic) bond motifs is 1. The number of aromatic nitrogens is 3. The smallest absolute Gasteiger partial charge is 0.335 e. The summed E-state index contributed by atoms with van der Waals surface area (Å²) in [7, 11) is 0. The van der Waals surface area contributed by atoms with Crippen LogP contribution in [-0.4, -0.2) is 86.4 Å². The molecule has 39 heavy (non-hydrogen) atoms. The van der Waals surface area contributed by atoms with Crippen LogP contribution in [0.5, 0.6) is 0 Å². The highest BCUT2D eigenvalue weighted by Crippen LogP contribution is 2.30. The molecule has 2 aliphatic rings. The van der Waals surface area contributed by atoms with Gasteiger partial charge < -0.3 is 14.8 Å². The van der Waals surface area contributed by atoms with Gasteiger partial charge in [0.2, 0.25) is 0 Å². The van der Waals surface area contributed by atoms with Gasteiger partial charge in [-0.3, -0.25) is 19.1 Å². The maximum absolute atomic E-state index is 13.1. The minimum atomic E-state index is -4.47. The molecule has 4 aromatic rings. The number of likely N-dealkylation sites (tertiary alicyclic amines) is 1. The van der Waals surface area contributed by atoms with Gasteiger partial charge >= 0.3 is 11.9 Å². The molecule has 202 valence electrons. The number of aromatic amines is 1. The summed E-state index contributed by atoms with van der Waals surface area (Å²) in [6.07, 6.45) is -2.84. The van der Waals surface area contributed by atoms with Gasteiger partial charge in [-0.25, -0.2) is 9.78 Å². The SMILES string of the molecule is O=C(c1ccc2c(c1)[nH]c(=O)n2-c1ccc(C(F)(F)F)cc1)N1CC(N2CCN(C(=O)c3nccs3)CC2)C1. The third-order valence-electron chi connectivity index (χ3n) is 7.26. The number of halogens is 3. The first-order valence-electron chi connectivity index (χ1n) is 12.3. The number of carbonyl (C=O) groups is 2. The van der Waals surface area contributed by atoms with Crippen LogP contribution in [0.3, 0.4) is 0 Å². The van der Waals surface area contributed by atoms with Crippen molar-refractivity contribution in [1.82, 2.24) is 29.2 Å². The lowest BCUT2D eigenvalue weighted by molar-refractivity contribution is -0.137. The predicted octanol–water partition coefficient (Wildman–Crippen LogP) is 3.08. The Morgan fingerprint density at radius 3 is 2.31 bits per heavy atom. The third kappa shape index (κ3) is 4.72. The van der Waals surface area contributed by atoms with Gasteiger partial charge in [0, 0.05) is 62.5 Å². The molecule has 2 saturated heterocycles. The molecule has 9 nitrogen and oxygen atoms in total. The first-order chi connectivity index (χ1) is 18.7. The number of nitrogens with one attached hydrogen (secondary N) is 1. The number of benzene rings is 2. The lowest BCUT2D eigenvalue weighted by atomic mass is 10.0. The van der Waals surface area contributed by atoms with Gasteiger partial charge in [-0.2, -0.15) is 13.2 Å². The van der Waals surface area contributed by atoms with Gasteiger partial charge in [-0.1, -0.05) is 0 Å². The number of imidazole rings is 1. The molecule has 6 rings (SSSR count). The first-order valence-corrected chi connectivity index (χ1v) is 13.2. The van der Waals surface area contributed by atoms with Crippen LogP contribution in [0.1, 0.15) is 25.7 Å². The summed E-state index contributed by atoms with van der Waals surface area (Å²) >= 11 is 1.33. The molecule has 2 fully saturated rings. The topological polar surface area (TPSA) is 94.5 Å². The number of hydrogen-bond acceptors (Lipinski definition) is 6. The van der Waals surface area contributed by atoms with E-state index in [1.54, 1.807) is 34.7 Å². The summed E-state index contributed by atoms with van der Waals surface area (Å²) in [6, 6.07) is 9.39. The maximum Gasteiger partial charge on any atom is 0.416 e. The van der Waals surface area contributed by atoms with Crippen LogP contribution < -0.4 is 5.69 Å². The van der Waals surface area contributed by atoms with E-state index in [1.165, 1.54) is 28.0 Å². The molecule has 13 heteroatoms. The Balaban J connectivity index is 1.09. The number of hydrogen-bond donors (Lipinski definition) is 1. The average Bonchev–Trinajstić information content (AvgIpc) is 3.54. The van der Waals surface area contributed by atoms with Crippen LogP contribution in [0.15, 0.2) is 58.8 Å². The van der Waals surface area contributed by atoms with E-state index in [-0.39, 0.29) is 23.5 Å². The number of H-pyrrole nitrogens is 1. The van der Waals surface area contributed by atoms with Crippen LogP contribution in [-0.2, 0) is 6.18 Å². The van der Waals surface area contributed by atoms with Crippen LogP contribution in [0.4, 0.5) is 13.2 Å². The zero-order valence-electron chi connectivity index (χ0n) is 20.5. The molecule has 2 aromatic heterocycles. The van der Waals surface area contributed by atoms with Crippen LogP contribution in [0.2, 0.25) is 0 Å². The fourth-order valence-corrected chi connectivity index (χ4v) is 5.69. The van der Waals surface area contributed by atoms with Crippen LogP contribution in [0, 0.1) is 0 Å². The summed E-state index contributed by atoms with van der Waals surface area (Å²) < 4.78 is 40.0. The van der Waals surface area contributed by atoms with Crippen molar-refractivity contribution in [2.24, 2.45) is 0 Å². The van der Waals surface area contributed by atoms with Gasteiger partial charge in [0.05, 0.1) is 22.3 Å². The maximum atomic E-state index is 13.1. The molecule has 0 bridgehead atoms. The lowest BCUT2D eigenvalue weighted by Gasteiger charge is -2.48. The number of piperazine rings is 1. The molecule has 2 aromatic carbocycles. The van der Waals surface area contributed by atoms with Crippen molar-refractivity contribution in [3.05, 3.63) is 80.7 Å². The Morgan fingerprint density at radius 2 is 1.67 bits per heavy atom. The van der Waals surface area contributed by atoms with Crippen molar-refractivity contribution in [2.45, 2.75) is 12.2 Å². The molecule has 0 radical (unpaired) electrons. The number of nitrogens with zero attached hydrogens (tertiary/aromatic N) is 5. The standard InChI is InChI=1S/C26H23F3N6O3S/c27-26(28,29)17-2-4-18(5-3-17)35-21-6-1-16(13-20(21)31-25(35)38)23(36)34-14-19(15-34)32-8-10-33(11-9-32)24(37)22-30-7-12-39-22/h1-7,12-13,19H,8-11,14-15H2,(H,31,38). The summed E-state index contributed by atoms with van der Waals surface area (Å²) in [5, 5.41) is 2.28. The monoisotopic (exact) mass is 556 g/mol. The fourth-order valence-electron chi connectivity index (χ4n) is 5.09. The van der Waals surface area contributed by atoms with Gasteiger partial charge in [0.1, 0.15) is 0 Å². The Kier molecular flexibility index (Phi) is 6.26. The largest absolute Gasteiger partial charge is 0.416 e. The van der Waals surface area contributed by atoms with Gasteiger partial charge in [0.25, 0.3) is 11.8 Å². The van der Waals surface area contributed by atoms with Crippen molar-refractivity contribution in [3.8, 4) is 5.69 Å². The summed E-state index contributed by atoms with van der Waals surface area (Å²) in [4.78, 5) is 50.9. The number of alkyl halides is 3. The zero-order chi connectivity index (χ0) is 27.3. The van der Waals surface area contributed by atoms with Gasteiger partial charge in [0.15, 0.2) is 5.01 Å². The second-order valence-corrected chi connectivity index (χ2v) is 10.5. The number of thiazole rings is 1. The fraction of sp³-hybridized carbons (Fsp3) is 0.308. The molecule has 2 amide bonds. The molecular formula is C26H23F3N6O3S. The summed E-state index contributed by atoms with van der Waals surface area (Å²) in [5.41, 5.74) is 0.279. The highest BCUT2D eigenvalue weighted by Gasteiger charge is 2.37. The predicted molar refractivity (Wildman–Crippen MR) is 138 cm³/mol. The molecule has 0 saturated carbocycles. The molecule has 1 N–H and O–H groups in total. The van der Waals surface area contributed by atoms with Crippen molar-refractivity contribution in [3.63, 3.8) is 0 Å². The zero-order valence-corrected chi connectivity index (χ0v) is 21.3. The highest BCUT2D eigenvalue weighted by molar-refractivity contribution is 7.11. The van der Waals surface area contributed by atoms with E-state index in [0.29, 0.717) is 47.8 Å². The second kappa shape index (κ2) is 9.65. The van der Waals surface area contributed by atoms with E-state index >= 15 is 0 Å². The average molecular weight is 557 g/mol. The Morgan fingerprint density at radius 1 is 0.949 bits per heavy atom. The summed E-state index contributed by atoms with van der Waals surface area (Å²) in [5.74, 6) is -0.204. The molecule has 0 aliphatic carbocycles. The van der Waals surface area contributed by atoms with Gasteiger partial charge in [-0.05, 0) is 42.5 Å². The van der Waals surface area contributed by atoms with Crippen LogP contribution in [0.25, 0.3) is 16.7 Å². The van der Waals surface area contributed by atoms with Crippen molar-refractivity contribution >= 4 is 34.2 Å². The van der Waals surface area contributed by atoms with Crippen molar-refractivity contribution in [2.75, 3.05) is 39.3 Å². The van der Waals surface area contributed by atoms with E-state index in [4.69, 9.17) is 0 Å². The number of amides is 2. The van der Waals surface area contributed by atoms with E-state index < -0.39 is 17.4 Å². The Bertz CT molecular complexity index is 1580. The van der Waals surface area contributed by atoms with Crippen molar-refractivity contribution < 1.29 is 22.8 Å². The van der Waals surface area contributed by atoms with E-state index in [0.717, 1.165) is 25.2 Å². The second-order valence-electron chi connectivity index (χ2n) is 9.57. The molecular weight excluding hydrogens is 533 g/mol. The Labute approximate surface area is 224 Å². The minimum absolute atomic E-state index is 0.0457. The van der Waals surface area contributed by atoms with Crippen LogP contribution >= 0.6 is 11.3 Å². The highest BCUT2D eigenvalue weighted by atomic mass is 32.1. The van der Waals surface area contributed by atoms with Crippen molar-refractivity contribution in [1.29, 1.82) is 0 Å². The van der Waals surface area contributed by atoms with E-state index in [2.05, 4.69) is 14.9 Å². The quantitative estimate of drug-likeness (QED) is 0.417. The normalized spacial score (nSPS) is 17.0. The third-order valence-corrected chi connectivity index (χ3v) is 8.03. The lowest BCUT2D eigenvalue weighted by Crippen LogP contribution is -2.64.